The molecule has 0 radical (unpaired) electrons. The summed E-state index contributed by atoms with van der Waals surface area (Å²) < 4.78 is 5.53. The number of carbonyl (C=O) groups excluding carboxylic acids is 1. The van der Waals surface area contributed by atoms with Crippen molar-refractivity contribution in [3.63, 3.8) is 0 Å². The van der Waals surface area contributed by atoms with E-state index in [0.717, 1.165) is 45.3 Å². The smallest absolute Gasteiger partial charge is 0.236 e. The molecule has 0 aromatic heterocycles. The van der Waals surface area contributed by atoms with Gasteiger partial charge in [0.15, 0.2) is 0 Å². The molecule has 0 atom stereocenters. The molecule has 1 heterocycles. The van der Waals surface area contributed by atoms with Gasteiger partial charge in [-0.2, -0.15) is 0 Å². The summed E-state index contributed by atoms with van der Waals surface area (Å²) >= 11 is 0. The average Bonchev–Trinajstić information content (AvgIpc) is 2.61. The van der Waals surface area contributed by atoms with Crippen LogP contribution in [-0.4, -0.2) is 49.7 Å². The van der Waals surface area contributed by atoms with Crippen LogP contribution < -0.4 is 5.32 Å². The highest BCUT2D eigenvalue weighted by atomic mass is 16.5. The predicted molar refractivity (Wildman–Crippen MR) is 71.5 cm³/mol. The van der Waals surface area contributed by atoms with Crippen LogP contribution in [0, 0.1) is 0 Å². The van der Waals surface area contributed by atoms with Crippen LogP contribution in [-0.2, 0) is 9.53 Å². The molecule has 2 fully saturated rings. The summed E-state index contributed by atoms with van der Waals surface area (Å²) in [6.07, 6.45) is 8.34. The normalized spacial score (nSPS) is 23.3. The number of amides is 1. The second-order valence-corrected chi connectivity index (χ2v) is 5.64. The molecule has 1 saturated carbocycles. The zero-order valence-electron chi connectivity index (χ0n) is 11.5. The first-order valence-corrected chi connectivity index (χ1v) is 7.29. The minimum atomic E-state index is 0.0130. The summed E-state index contributed by atoms with van der Waals surface area (Å²) in [5.41, 5.74) is 0.0130. The topological polar surface area (TPSA) is 41.6 Å². The molecule has 104 valence electrons. The van der Waals surface area contributed by atoms with E-state index in [-0.39, 0.29) is 11.5 Å². The largest absolute Gasteiger partial charge is 0.377 e. The van der Waals surface area contributed by atoms with Crippen LogP contribution in [0.15, 0.2) is 0 Å². The van der Waals surface area contributed by atoms with E-state index in [1.807, 2.05) is 4.90 Å². The van der Waals surface area contributed by atoms with Crippen LogP contribution in [0.2, 0.25) is 0 Å². The molecule has 0 bridgehead atoms. The van der Waals surface area contributed by atoms with E-state index < -0.39 is 0 Å². The van der Waals surface area contributed by atoms with Gasteiger partial charge >= 0.3 is 0 Å². The summed E-state index contributed by atoms with van der Waals surface area (Å²) in [6, 6.07) is 0. The second kappa shape index (κ2) is 6.53. The number of rotatable bonds is 5. The lowest BCUT2D eigenvalue weighted by Gasteiger charge is -2.40. The lowest BCUT2D eigenvalue weighted by atomic mass is 9.80. The summed E-state index contributed by atoms with van der Waals surface area (Å²) in [4.78, 5) is 14.1. The summed E-state index contributed by atoms with van der Waals surface area (Å²) in [5.74, 6) is 0.252. The van der Waals surface area contributed by atoms with Gasteiger partial charge in [0.05, 0.1) is 12.1 Å². The molecule has 4 nitrogen and oxygen atoms in total. The molecule has 2 aliphatic rings. The Morgan fingerprint density at radius 2 is 1.83 bits per heavy atom. The van der Waals surface area contributed by atoms with Crippen molar-refractivity contribution in [2.24, 2.45) is 0 Å². The summed E-state index contributed by atoms with van der Waals surface area (Å²) in [7, 11) is 1.78. The van der Waals surface area contributed by atoms with Gasteiger partial charge in [-0.15, -0.1) is 0 Å². The maximum atomic E-state index is 12.1. The molecule has 0 unspecified atom stereocenters. The molecule has 2 rings (SSSR count). The number of methoxy groups -OCH3 is 1. The Bertz CT molecular complexity index is 263. The number of hydrogen-bond acceptors (Lipinski definition) is 3. The van der Waals surface area contributed by atoms with Crippen molar-refractivity contribution in [1.29, 1.82) is 0 Å². The summed E-state index contributed by atoms with van der Waals surface area (Å²) in [6.45, 7) is 3.15. The van der Waals surface area contributed by atoms with Crippen LogP contribution in [0.3, 0.4) is 0 Å². The first-order valence-electron chi connectivity index (χ1n) is 7.29. The number of carbonyl (C=O) groups is 1. The van der Waals surface area contributed by atoms with Crippen molar-refractivity contribution in [2.75, 3.05) is 33.3 Å². The molecule has 0 aromatic carbocycles. The summed E-state index contributed by atoms with van der Waals surface area (Å²) in [5, 5.41) is 3.28. The second-order valence-electron chi connectivity index (χ2n) is 5.64. The predicted octanol–water partition coefficient (Wildman–Crippen LogP) is 1.55. The van der Waals surface area contributed by atoms with Crippen LogP contribution in [0.1, 0.15) is 44.9 Å². The van der Waals surface area contributed by atoms with Crippen LogP contribution >= 0.6 is 0 Å². The van der Waals surface area contributed by atoms with Gasteiger partial charge in [-0.3, -0.25) is 4.79 Å². The third-order valence-electron chi connectivity index (χ3n) is 4.38. The maximum absolute atomic E-state index is 12.1. The Labute approximate surface area is 110 Å². The van der Waals surface area contributed by atoms with Gasteiger partial charge in [-0.25, -0.2) is 0 Å². The van der Waals surface area contributed by atoms with Gasteiger partial charge in [0.2, 0.25) is 5.91 Å². The van der Waals surface area contributed by atoms with Gasteiger partial charge < -0.3 is 15.0 Å². The molecule has 4 heteroatoms. The van der Waals surface area contributed by atoms with E-state index in [9.17, 15) is 4.79 Å². The molecule has 1 saturated heterocycles. The van der Waals surface area contributed by atoms with Crippen molar-refractivity contribution in [2.45, 2.75) is 50.5 Å². The minimum Gasteiger partial charge on any atom is -0.377 e. The highest BCUT2D eigenvalue weighted by Crippen LogP contribution is 2.34. The van der Waals surface area contributed by atoms with Crippen molar-refractivity contribution in [1.82, 2.24) is 10.2 Å². The van der Waals surface area contributed by atoms with Gasteiger partial charge in [0, 0.05) is 26.7 Å². The SMILES string of the molecule is COC1(CNCC(=O)N2CCCCCC2)CCC1. The fraction of sp³-hybridized carbons (Fsp3) is 0.929. The molecule has 1 aliphatic carbocycles. The third-order valence-corrected chi connectivity index (χ3v) is 4.38. The Kier molecular flexibility index (Phi) is 5.01. The molecule has 0 spiro atoms. The number of nitrogens with zero attached hydrogens (tertiary/aromatic N) is 1. The van der Waals surface area contributed by atoms with Crippen molar-refractivity contribution in [3.05, 3.63) is 0 Å². The number of ether oxygens (including phenoxy) is 1. The zero-order chi connectivity index (χ0) is 12.8. The monoisotopic (exact) mass is 254 g/mol. The van der Waals surface area contributed by atoms with Crippen LogP contribution in [0.5, 0.6) is 0 Å². The molecule has 18 heavy (non-hydrogen) atoms. The van der Waals surface area contributed by atoms with Gasteiger partial charge in [0.25, 0.3) is 0 Å². The van der Waals surface area contributed by atoms with E-state index in [1.54, 1.807) is 7.11 Å². The number of likely N-dealkylation sites (tertiary alicyclic amines) is 1. The van der Waals surface area contributed by atoms with E-state index >= 15 is 0 Å². The van der Waals surface area contributed by atoms with E-state index in [1.165, 1.54) is 19.3 Å². The quantitative estimate of drug-likeness (QED) is 0.809. The lowest BCUT2D eigenvalue weighted by molar-refractivity contribution is -0.130. The van der Waals surface area contributed by atoms with E-state index in [4.69, 9.17) is 4.74 Å². The molecule has 1 amide bonds. The fourth-order valence-corrected chi connectivity index (χ4v) is 2.85. The average molecular weight is 254 g/mol. The maximum Gasteiger partial charge on any atom is 0.236 e. The van der Waals surface area contributed by atoms with E-state index in [2.05, 4.69) is 5.32 Å². The Balaban J connectivity index is 1.67. The van der Waals surface area contributed by atoms with Crippen LogP contribution in [0.4, 0.5) is 0 Å². The van der Waals surface area contributed by atoms with Crippen LogP contribution in [0.25, 0.3) is 0 Å². The Morgan fingerprint density at radius 1 is 1.17 bits per heavy atom. The van der Waals surface area contributed by atoms with Crippen molar-refractivity contribution >= 4 is 5.91 Å². The first-order chi connectivity index (χ1) is 8.76. The van der Waals surface area contributed by atoms with Crippen molar-refractivity contribution in [3.8, 4) is 0 Å². The molecule has 1 N–H and O–H groups in total. The Morgan fingerprint density at radius 3 is 2.33 bits per heavy atom. The third kappa shape index (κ3) is 3.45. The molecule has 0 aromatic rings. The standard InChI is InChI=1S/C14H26N2O2/c1-18-14(7-6-8-14)12-15-11-13(17)16-9-4-2-3-5-10-16/h15H,2-12H2,1H3. The highest BCUT2D eigenvalue weighted by molar-refractivity contribution is 5.78. The first kappa shape index (κ1) is 13.8. The molecular formula is C14H26N2O2. The number of nitrogens with one attached hydrogen (secondary N) is 1. The van der Waals surface area contributed by atoms with E-state index in [0.29, 0.717) is 6.54 Å². The number of hydrogen-bond donors (Lipinski definition) is 1. The van der Waals surface area contributed by atoms with Gasteiger partial charge in [-0.1, -0.05) is 12.8 Å². The fourth-order valence-electron chi connectivity index (χ4n) is 2.85. The highest BCUT2D eigenvalue weighted by Gasteiger charge is 2.36. The van der Waals surface area contributed by atoms with Gasteiger partial charge in [0.1, 0.15) is 0 Å². The minimum absolute atomic E-state index is 0.0130. The molecular weight excluding hydrogens is 228 g/mol. The Hall–Kier alpha value is -0.610. The zero-order valence-corrected chi connectivity index (χ0v) is 11.5. The molecule has 1 aliphatic heterocycles. The lowest BCUT2D eigenvalue weighted by Crippen LogP contribution is -2.50. The van der Waals surface area contributed by atoms with Gasteiger partial charge in [-0.05, 0) is 32.1 Å². The van der Waals surface area contributed by atoms with Crippen molar-refractivity contribution < 1.29 is 9.53 Å².